The maximum Gasteiger partial charge on any atom is 0.417 e. The summed E-state index contributed by atoms with van der Waals surface area (Å²) in [5.41, 5.74) is -0.0905. The van der Waals surface area contributed by atoms with Crippen molar-refractivity contribution in [1.29, 1.82) is 0 Å². The molecule has 1 atom stereocenters. The Morgan fingerprint density at radius 3 is 2.17 bits per heavy atom. The first-order valence-electron chi connectivity index (χ1n) is 6.50. The third-order valence-corrected chi connectivity index (χ3v) is 4.09. The zero-order chi connectivity index (χ0) is 17.3. The van der Waals surface area contributed by atoms with Crippen molar-refractivity contribution in [2.45, 2.75) is 24.0 Å². The number of hydrogen-bond donors (Lipinski definition) is 2. The van der Waals surface area contributed by atoms with Gasteiger partial charge >= 0.3 is 6.18 Å². The summed E-state index contributed by atoms with van der Waals surface area (Å²) < 4.78 is 59.7. The number of nitrogens with zero attached hydrogens (tertiary/aromatic N) is 1. The number of rotatable bonds is 4. The lowest BCUT2D eigenvalue weighted by Crippen LogP contribution is -2.13. The summed E-state index contributed by atoms with van der Waals surface area (Å²) in [7, 11) is -3.76. The Labute approximate surface area is 131 Å². The van der Waals surface area contributed by atoms with E-state index in [1.807, 2.05) is 0 Å². The van der Waals surface area contributed by atoms with Gasteiger partial charge < -0.3 is 5.32 Å². The fourth-order valence-corrected chi connectivity index (χ4v) is 2.41. The topological polar surface area (TPSA) is 85.1 Å². The molecule has 0 spiro atoms. The van der Waals surface area contributed by atoms with Crippen molar-refractivity contribution in [2.75, 3.05) is 5.32 Å². The molecule has 0 saturated carbocycles. The molecule has 0 radical (unpaired) electrons. The first-order chi connectivity index (χ1) is 10.6. The van der Waals surface area contributed by atoms with Crippen molar-refractivity contribution >= 4 is 15.8 Å². The summed E-state index contributed by atoms with van der Waals surface area (Å²) in [6.45, 7) is 1.77. The predicted octanol–water partition coefficient (Wildman–Crippen LogP) is 2.92. The lowest BCUT2D eigenvalue weighted by molar-refractivity contribution is -0.137. The van der Waals surface area contributed by atoms with Crippen molar-refractivity contribution in [3.8, 4) is 0 Å². The van der Waals surface area contributed by atoms with Gasteiger partial charge in [0.25, 0.3) is 0 Å². The summed E-state index contributed by atoms with van der Waals surface area (Å²) in [5.74, 6) is 0.279. The van der Waals surface area contributed by atoms with E-state index in [9.17, 15) is 21.6 Å². The molecule has 1 heterocycles. The SMILES string of the molecule is C[C@@H](Nc1ccc(C(F)(F)F)cn1)c1ccc(S(N)(=O)=O)cc1. The minimum absolute atomic E-state index is 0.0129. The van der Waals surface area contributed by atoms with Crippen LogP contribution in [0.15, 0.2) is 47.5 Å². The van der Waals surface area contributed by atoms with Crippen LogP contribution >= 0.6 is 0 Å². The average molecular weight is 345 g/mol. The molecule has 2 rings (SSSR count). The van der Waals surface area contributed by atoms with Crippen molar-refractivity contribution in [1.82, 2.24) is 4.98 Å². The van der Waals surface area contributed by atoms with Gasteiger partial charge in [0, 0.05) is 12.2 Å². The largest absolute Gasteiger partial charge is 0.417 e. The number of sulfonamides is 1. The van der Waals surface area contributed by atoms with Crippen LogP contribution < -0.4 is 10.5 Å². The van der Waals surface area contributed by atoms with Gasteiger partial charge in [0.05, 0.1) is 10.5 Å². The van der Waals surface area contributed by atoms with Crippen LogP contribution in [0.3, 0.4) is 0 Å². The van der Waals surface area contributed by atoms with Gasteiger partial charge in [-0.3, -0.25) is 0 Å². The zero-order valence-corrected chi connectivity index (χ0v) is 12.8. The van der Waals surface area contributed by atoms with Crippen molar-refractivity contribution in [3.63, 3.8) is 0 Å². The third kappa shape index (κ3) is 4.42. The van der Waals surface area contributed by atoms with Crippen molar-refractivity contribution < 1.29 is 21.6 Å². The maximum atomic E-state index is 12.5. The highest BCUT2D eigenvalue weighted by molar-refractivity contribution is 7.89. The van der Waals surface area contributed by atoms with Gasteiger partial charge in [0.2, 0.25) is 10.0 Å². The van der Waals surface area contributed by atoms with E-state index in [-0.39, 0.29) is 16.8 Å². The molecule has 0 saturated heterocycles. The monoisotopic (exact) mass is 345 g/mol. The molecule has 1 aromatic heterocycles. The van der Waals surface area contributed by atoms with E-state index in [1.54, 1.807) is 19.1 Å². The predicted molar refractivity (Wildman–Crippen MR) is 79.1 cm³/mol. The molecule has 5 nitrogen and oxygen atoms in total. The molecule has 9 heteroatoms. The number of alkyl halides is 3. The van der Waals surface area contributed by atoms with E-state index < -0.39 is 21.8 Å². The van der Waals surface area contributed by atoms with E-state index in [4.69, 9.17) is 5.14 Å². The van der Waals surface area contributed by atoms with Gasteiger partial charge in [-0.2, -0.15) is 13.2 Å². The van der Waals surface area contributed by atoms with Gasteiger partial charge in [-0.15, -0.1) is 0 Å². The third-order valence-electron chi connectivity index (χ3n) is 3.16. The second-order valence-electron chi connectivity index (χ2n) is 4.91. The van der Waals surface area contributed by atoms with Gasteiger partial charge in [0.15, 0.2) is 0 Å². The highest BCUT2D eigenvalue weighted by atomic mass is 32.2. The molecule has 0 fully saturated rings. The van der Waals surface area contributed by atoms with Gasteiger partial charge in [-0.1, -0.05) is 12.1 Å². The summed E-state index contributed by atoms with van der Waals surface area (Å²) in [6, 6.07) is 7.76. The number of hydrogen-bond acceptors (Lipinski definition) is 4. The van der Waals surface area contributed by atoms with Gasteiger partial charge in [0.1, 0.15) is 5.82 Å². The lowest BCUT2D eigenvalue weighted by Gasteiger charge is -2.16. The Bertz CT molecular complexity index is 772. The molecule has 0 bridgehead atoms. The van der Waals surface area contributed by atoms with E-state index in [0.29, 0.717) is 0 Å². The van der Waals surface area contributed by atoms with Gasteiger partial charge in [-0.25, -0.2) is 18.5 Å². The molecule has 2 aromatic rings. The van der Waals surface area contributed by atoms with Crippen LogP contribution in [0.5, 0.6) is 0 Å². The van der Waals surface area contributed by atoms with Crippen LogP contribution in [-0.4, -0.2) is 13.4 Å². The van der Waals surface area contributed by atoms with Crippen LogP contribution in [0, 0.1) is 0 Å². The lowest BCUT2D eigenvalue weighted by atomic mass is 10.1. The van der Waals surface area contributed by atoms with Crippen LogP contribution in [0.4, 0.5) is 19.0 Å². The molecule has 3 N–H and O–H groups in total. The maximum absolute atomic E-state index is 12.5. The first-order valence-corrected chi connectivity index (χ1v) is 8.04. The summed E-state index contributed by atoms with van der Waals surface area (Å²) in [4.78, 5) is 3.71. The minimum atomic E-state index is -4.43. The summed E-state index contributed by atoms with van der Waals surface area (Å²) in [5, 5.41) is 7.95. The number of benzene rings is 1. The number of nitrogens with one attached hydrogen (secondary N) is 1. The number of aromatic nitrogens is 1. The van der Waals surface area contributed by atoms with Gasteiger partial charge in [-0.05, 0) is 36.8 Å². The van der Waals surface area contributed by atoms with E-state index in [0.717, 1.165) is 17.8 Å². The quantitative estimate of drug-likeness (QED) is 0.892. The second-order valence-corrected chi connectivity index (χ2v) is 6.47. The van der Waals surface area contributed by atoms with Crippen LogP contribution in [0.1, 0.15) is 24.1 Å². The molecule has 0 aliphatic rings. The highest BCUT2D eigenvalue weighted by Gasteiger charge is 2.30. The van der Waals surface area contributed by atoms with E-state index in [1.165, 1.54) is 18.2 Å². The smallest absolute Gasteiger partial charge is 0.364 e. The molecular weight excluding hydrogens is 331 g/mol. The molecule has 0 unspecified atom stereocenters. The van der Waals surface area contributed by atoms with Crippen molar-refractivity contribution in [3.05, 3.63) is 53.7 Å². The fourth-order valence-electron chi connectivity index (χ4n) is 1.90. The molecule has 23 heavy (non-hydrogen) atoms. The Morgan fingerprint density at radius 1 is 1.13 bits per heavy atom. The first kappa shape index (κ1) is 17.2. The average Bonchev–Trinajstić information content (AvgIpc) is 2.46. The Morgan fingerprint density at radius 2 is 1.74 bits per heavy atom. The molecule has 0 aliphatic carbocycles. The molecular formula is C14H14F3N3O2S. The molecule has 124 valence electrons. The summed E-state index contributed by atoms with van der Waals surface area (Å²) >= 11 is 0. The van der Waals surface area contributed by atoms with Crippen LogP contribution in [0.25, 0.3) is 0 Å². The fraction of sp³-hybridized carbons (Fsp3) is 0.214. The molecule has 0 aliphatic heterocycles. The minimum Gasteiger partial charge on any atom is -0.364 e. The molecule has 0 amide bonds. The zero-order valence-electron chi connectivity index (χ0n) is 12.0. The highest BCUT2D eigenvalue weighted by Crippen LogP contribution is 2.29. The normalized spacial score (nSPS) is 13.6. The number of halogens is 3. The molecule has 1 aromatic carbocycles. The van der Waals surface area contributed by atoms with E-state index >= 15 is 0 Å². The number of anilines is 1. The summed E-state index contributed by atoms with van der Waals surface area (Å²) in [6.07, 6.45) is -3.68. The Hall–Kier alpha value is -2.13. The van der Waals surface area contributed by atoms with Crippen LogP contribution in [-0.2, 0) is 16.2 Å². The second kappa shape index (κ2) is 6.17. The number of pyridine rings is 1. The number of primary sulfonamides is 1. The Kier molecular flexibility index (Phi) is 4.62. The number of nitrogens with two attached hydrogens (primary N) is 1. The van der Waals surface area contributed by atoms with Crippen molar-refractivity contribution in [2.24, 2.45) is 5.14 Å². The Balaban J connectivity index is 2.11. The van der Waals surface area contributed by atoms with E-state index in [2.05, 4.69) is 10.3 Å². The standard InChI is InChI=1S/C14H14F3N3O2S/c1-9(10-2-5-12(6-3-10)23(18,21)22)20-13-7-4-11(8-19-13)14(15,16)17/h2-9H,1H3,(H,19,20)(H2,18,21,22)/t9-/m1/s1. The van der Waals surface area contributed by atoms with Crippen LogP contribution in [0.2, 0.25) is 0 Å².